The summed E-state index contributed by atoms with van der Waals surface area (Å²) in [5, 5.41) is 8.52. The lowest BCUT2D eigenvalue weighted by Crippen LogP contribution is -2.28. The molecule has 6 nitrogen and oxygen atoms in total. The van der Waals surface area contributed by atoms with E-state index in [1.165, 1.54) is 37.4 Å². The lowest BCUT2D eigenvalue weighted by atomic mass is 10.3. The van der Waals surface area contributed by atoms with Crippen LogP contribution in [-0.4, -0.2) is 50.8 Å². The van der Waals surface area contributed by atoms with Crippen molar-refractivity contribution in [1.82, 2.24) is 24.6 Å². The Balaban J connectivity index is 1.48. The van der Waals surface area contributed by atoms with Gasteiger partial charge in [-0.2, -0.15) is 5.10 Å². The predicted molar refractivity (Wildman–Crippen MR) is 89.4 cm³/mol. The Kier molecular flexibility index (Phi) is 3.99. The Morgan fingerprint density at radius 2 is 1.87 bits per heavy atom. The second-order valence-electron chi connectivity index (χ2n) is 6.57. The minimum Gasteiger partial charge on any atom is -0.353 e. The van der Waals surface area contributed by atoms with Gasteiger partial charge in [-0.15, -0.1) is 5.10 Å². The first-order chi connectivity index (χ1) is 11.3. The first-order valence-corrected chi connectivity index (χ1v) is 8.60. The molecule has 2 aromatic heterocycles. The topological polar surface area (TPSA) is 50.1 Å². The minimum atomic E-state index is 0.956. The number of hydrogen-bond acceptors (Lipinski definition) is 5. The molecule has 6 heteroatoms. The van der Waals surface area contributed by atoms with Gasteiger partial charge in [0, 0.05) is 38.8 Å². The molecular formula is C17H24N6. The number of rotatable bonds is 3. The van der Waals surface area contributed by atoms with Gasteiger partial charge in [0.25, 0.3) is 0 Å². The van der Waals surface area contributed by atoms with Crippen molar-refractivity contribution in [3.05, 3.63) is 35.5 Å². The van der Waals surface area contributed by atoms with E-state index in [0.717, 1.165) is 44.1 Å². The highest BCUT2D eigenvalue weighted by atomic mass is 15.3. The summed E-state index contributed by atoms with van der Waals surface area (Å²) in [7, 11) is 0. The van der Waals surface area contributed by atoms with Gasteiger partial charge >= 0.3 is 0 Å². The molecule has 23 heavy (non-hydrogen) atoms. The van der Waals surface area contributed by atoms with Crippen molar-refractivity contribution in [2.75, 3.05) is 31.1 Å². The van der Waals surface area contributed by atoms with Crippen LogP contribution in [0.3, 0.4) is 0 Å². The lowest BCUT2D eigenvalue weighted by Gasteiger charge is -2.21. The zero-order valence-electron chi connectivity index (χ0n) is 13.8. The molecule has 0 amide bonds. The summed E-state index contributed by atoms with van der Waals surface area (Å²) in [6.07, 6.45) is 5.71. The fourth-order valence-corrected chi connectivity index (χ4v) is 3.58. The van der Waals surface area contributed by atoms with Gasteiger partial charge in [-0.05, 0) is 45.0 Å². The van der Waals surface area contributed by atoms with E-state index in [1.807, 2.05) is 13.0 Å². The van der Waals surface area contributed by atoms with E-state index in [4.69, 9.17) is 0 Å². The smallest absolute Gasteiger partial charge is 0.151 e. The Morgan fingerprint density at radius 1 is 1.00 bits per heavy atom. The third kappa shape index (κ3) is 3.08. The van der Waals surface area contributed by atoms with Crippen LogP contribution in [0.25, 0.3) is 0 Å². The summed E-state index contributed by atoms with van der Waals surface area (Å²) in [5.74, 6) is 2.18. The van der Waals surface area contributed by atoms with Crippen LogP contribution >= 0.6 is 0 Å². The van der Waals surface area contributed by atoms with Crippen LogP contribution < -0.4 is 4.90 Å². The van der Waals surface area contributed by atoms with Crippen molar-refractivity contribution < 1.29 is 0 Å². The van der Waals surface area contributed by atoms with Crippen LogP contribution in [-0.2, 0) is 19.5 Å². The molecule has 2 aliphatic rings. The van der Waals surface area contributed by atoms with Gasteiger partial charge in [-0.3, -0.25) is 4.90 Å². The number of hydrogen-bond donors (Lipinski definition) is 0. The van der Waals surface area contributed by atoms with Gasteiger partial charge < -0.3 is 9.47 Å². The lowest BCUT2D eigenvalue weighted by molar-refractivity contribution is 0.321. The van der Waals surface area contributed by atoms with Gasteiger partial charge in [-0.25, -0.2) is 4.98 Å². The molecule has 0 N–H and O–H groups in total. The van der Waals surface area contributed by atoms with Crippen LogP contribution in [0.1, 0.15) is 30.1 Å². The van der Waals surface area contributed by atoms with Crippen molar-refractivity contribution in [3.63, 3.8) is 0 Å². The Hall–Kier alpha value is -1.95. The maximum absolute atomic E-state index is 4.67. The molecule has 4 heterocycles. The van der Waals surface area contributed by atoms with Crippen LogP contribution in [0.5, 0.6) is 0 Å². The molecule has 2 aromatic rings. The molecule has 0 spiro atoms. The van der Waals surface area contributed by atoms with Crippen LogP contribution in [0, 0.1) is 6.92 Å². The number of imidazole rings is 1. The number of fused-ring (bicyclic) bond motifs is 1. The Labute approximate surface area is 137 Å². The Morgan fingerprint density at radius 3 is 2.65 bits per heavy atom. The molecule has 0 radical (unpaired) electrons. The summed E-state index contributed by atoms with van der Waals surface area (Å²) in [4.78, 5) is 9.53. The molecule has 1 saturated heterocycles. The van der Waals surface area contributed by atoms with E-state index >= 15 is 0 Å². The molecule has 0 unspecified atom stereocenters. The molecule has 4 rings (SSSR count). The average Bonchev–Trinajstić information content (AvgIpc) is 3.15. The largest absolute Gasteiger partial charge is 0.353 e. The first kappa shape index (κ1) is 14.6. The number of anilines is 1. The molecule has 2 aliphatic heterocycles. The zero-order chi connectivity index (χ0) is 15.6. The fourth-order valence-electron chi connectivity index (χ4n) is 3.58. The monoisotopic (exact) mass is 312 g/mol. The fraction of sp³-hybridized carbons (Fsp3) is 0.588. The zero-order valence-corrected chi connectivity index (χ0v) is 13.8. The number of aromatic nitrogens is 4. The van der Waals surface area contributed by atoms with Gasteiger partial charge in [-0.1, -0.05) is 0 Å². The standard InChI is InChI=1S/C17H24N6/c1-14-4-5-17(20-19-14)22-9-6-16-18-12-15(23(16)11-10-22)13-21-7-2-3-8-21/h4-5,12H,2-3,6-11,13H2,1H3. The van der Waals surface area contributed by atoms with Crippen LogP contribution in [0.4, 0.5) is 5.82 Å². The van der Waals surface area contributed by atoms with E-state index in [2.05, 4.69) is 41.8 Å². The molecule has 122 valence electrons. The predicted octanol–water partition coefficient (Wildman–Crippen LogP) is 1.64. The summed E-state index contributed by atoms with van der Waals surface area (Å²) < 4.78 is 2.42. The van der Waals surface area contributed by atoms with E-state index in [9.17, 15) is 0 Å². The van der Waals surface area contributed by atoms with Crippen molar-refractivity contribution in [1.29, 1.82) is 0 Å². The van der Waals surface area contributed by atoms with Gasteiger partial charge in [0.2, 0.25) is 0 Å². The molecule has 0 bridgehead atoms. The van der Waals surface area contributed by atoms with E-state index < -0.39 is 0 Å². The van der Waals surface area contributed by atoms with E-state index in [-0.39, 0.29) is 0 Å². The summed E-state index contributed by atoms with van der Waals surface area (Å²) in [6, 6.07) is 4.10. The molecule has 1 fully saturated rings. The van der Waals surface area contributed by atoms with Gasteiger partial charge in [0.1, 0.15) is 5.82 Å². The van der Waals surface area contributed by atoms with Crippen LogP contribution in [0.2, 0.25) is 0 Å². The molecule has 0 aliphatic carbocycles. The average molecular weight is 312 g/mol. The second kappa shape index (κ2) is 6.28. The highest BCUT2D eigenvalue weighted by Crippen LogP contribution is 2.18. The highest BCUT2D eigenvalue weighted by molar-refractivity contribution is 5.37. The first-order valence-electron chi connectivity index (χ1n) is 8.60. The number of aryl methyl sites for hydroxylation is 1. The second-order valence-corrected chi connectivity index (χ2v) is 6.57. The quantitative estimate of drug-likeness (QED) is 0.862. The van der Waals surface area contributed by atoms with Crippen molar-refractivity contribution >= 4 is 5.82 Å². The van der Waals surface area contributed by atoms with Crippen molar-refractivity contribution in [2.24, 2.45) is 0 Å². The minimum absolute atomic E-state index is 0.956. The molecule has 0 atom stereocenters. The summed E-state index contributed by atoms with van der Waals surface area (Å²) >= 11 is 0. The van der Waals surface area contributed by atoms with Crippen molar-refractivity contribution in [2.45, 2.75) is 39.3 Å². The molecular weight excluding hydrogens is 288 g/mol. The summed E-state index contributed by atoms with van der Waals surface area (Å²) in [5.41, 5.74) is 2.32. The third-order valence-electron chi connectivity index (χ3n) is 4.91. The normalized spacial score (nSPS) is 18.9. The molecule has 0 saturated carbocycles. The van der Waals surface area contributed by atoms with Crippen LogP contribution in [0.15, 0.2) is 18.3 Å². The van der Waals surface area contributed by atoms with Gasteiger partial charge in [0.05, 0.1) is 11.4 Å². The van der Waals surface area contributed by atoms with Gasteiger partial charge in [0.15, 0.2) is 5.82 Å². The highest BCUT2D eigenvalue weighted by Gasteiger charge is 2.20. The number of likely N-dealkylation sites (tertiary alicyclic amines) is 1. The SMILES string of the molecule is Cc1ccc(N2CCc3ncc(CN4CCCC4)n3CC2)nn1. The van der Waals surface area contributed by atoms with E-state index in [1.54, 1.807) is 0 Å². The number of nitrogens with zero attached hydrogens (tertiary/aromatic N) is 6. The maximum Gasteiger partial charge on any atom is 0.151 e. The van der Waals surface area contributed by atoms with Crippen molar-refractivity contribution in [3.8, 4) is 0 Å². The molecule has 0 aromatic carbocycles. The maximum atomic E-state index is 4.67. The summed E-state index contributed by atoms with van der Waals surface area (Å²) in [6.45, 7) is 8.37. The third-order valence-corrected chi connectivity index (χ3v) is 4.91. The van der Waals surface area contributed by atoms with E-state index in [0.29, 0.717) is 0 Å². The Bertz CT molecular complexity index is 656.